The van der Waals surface area contributed by atoms with Gasteiger partial charge in [-0.25, -0.2) is 9.59 Å². The molecule has 182 valence electrons. The zero-order chi connectivity index (χ0) is 26.0. The number of carboxylic acid groups (broad SMARTS) is 1. The van der Waals surface area contributed by atoms with Crippen LogP contribution in [0, 0.1) is 0 Å². The third kappa shape index (κ3) is 5.97. The Labute approximate surface area is 213 Å². The van der Waals surface area contributed by atoms with E-state index in [4.69, 9.17) is 9.84 Å². The Balaban J connectivity index is 2.13. The van der Waals surface area contributed by atoms with Crippen molar-refractivity contribution in [3.8, 4) is 0 Å². The second-order valence-corrected chi connectivity index (χ2v) is 11.6. The summed E-state index contributed by atoms with van der Waals surface area (Å²) < 4.78 is 4.90. The van der Waals surface area contributed by atoms with Gasteiger partial charge < -0.3 is 9.84 Å². The number of carbonyl (C=O) groups is 2. The summed E-state index contributed by atoms with van der Waals surface area (Å²) in [7, 11) is -0.986. The Morgan fingerprint density at radius 2 is 1.31 bits per heavy atom. The van der Waals surface area contributed by atoms with Crippen molar-refractivity contribution in [3.05, 3.63) is 138 Å². The lowest BCUT2D eigenvalue weighted by Crippen LogP contribution is -2.31. The number of rotatable bonds is 10. The molecule has 0 radical (unpaired) electrons. The molecular formula is C31H30O4P+. The number of carbonyl (C=O) groups excluding carboxylic acids is 1. The van der Waals surface area contributed by atoms with Crippen LogP contribution in [0.1, 0.15) is 13.3 Å². The Kier molecular flexibility index (Phi) is 9.32. The minimum Gasteiger partial charge on any atom is -0.478 e. The van der Waals surface area contributed by atoms with E-state index in [1.807, 2.05) is 60.7 Å². The van der Waals surface area contributed by atoms with Crippen molar-refractivity contribution < 1.29 is 19.4 Å². The highest BCUT2D eigenvalue weighted by Crippen LogP contribution is 2.62. The average Bonchev–Trinajstić information content (AvgIpc) is 2.92. The molecule has 0 saturated carbocycles. The quantitative estimate of drug-likeness (QED) is 0.172. The maximum absolute atomic E-state index is 12.3. The maximum atomic E-state index is 12.3. The summed E-state index contributed by atoms with van der Waals surface area (Å²) in [6.45, 7) is 6.04. The van der Waals surface area contributed by atoms with Crippen LogP contribution in [0.4, 0.5) is 0 Å². The van der Waals surface area contributed by atoms with Crippen molar-refractivity contribution in [1.29, 1.82) is 0 Å². The first-order valence-electron chi connectivity index (χ1n) is 11.5. The van der Waals surface area contributed by atoms with E-state index in [0.29, 0.717) is 5.57 Å². The van der Waals surface area contributed by atoms with Crippen molar-refractivity contribution in [2.75, 3.05) is 7.11 Å². The van der Waals surface area contributed by atoms with E-state index in [9.17, 15) is 9.59 Å². The van der Waals surface area contributed by atoms with E-state index in [1.54, 1.807) is 12.2 Å². The molecule has 0 unspecified atom stereocenters. The van der Waals surface area contributed by atoms with E-state index < -0.39 is 19.2 Å². The number of allylic oxidation sites excluding steroid dienone is 5. The Morgan fingerprint density at radius 3 is 1.69 bits per heavy atom. The largest absolute Gasteiger partial charge is 0.478 e. The van der Waals surface area contributed by atoms with Crippen LogP contribution in [0.2, 0.25) is 0 Å². The van der Waals surface area contributed by atoms with Gasteiger partial charge in [0, 0.05) is 11.1 Å². The van der Waals surface area contributed by atoms with Crippen LogP contribution < -0.4 is 15.9 Å². The summed E-state index contributed by atoms with van der Waals surface area (Å²) in [6, 6.07) is 31.1. The Morgan fingerprint density at radius 1 is 0.861 bits per heavy atom. The van der Waals surface area contributed by atoms with Crippen molar-refractivity contribution in [3.63, 3.8) is 0 Å². The zero-order valence-electron chi connectivity index (χ0n) is 20.5. The van der Waals surface area contributed by atoms with E-state index in [2.05, 4.69) is 43.0 Å². The van der Waals surface area contributed by atoms with Crippen LogP contribution in [-0.4, -0.2) is 24.2 Å². The fourth-order valence-electron chi connectivity index (χ4n) is 3.99. The molecular weight excluding hydrogens is 467 g/mol. The summed E-state index contributed by atoms with van der Waals surface area (Å²) in [5, 5.41) is 13.6. The fourth-order valence-corrected chi connectivity index (χ4v) is 8.04. The smallest absolute Gasteiger partial charge is 0.334 e. The number of hydrogen-bond donors (Lipinski definition) is 1. The summed E-state index contributed by atoms with van der Waals surface area (Å²) in [5.74, 6) is -1.53. The first-order chi connectivity index (χ1) is 17.4. The first kappa shape index (κ1) is 26.6. The molecule has 0 bridgehead atoms. The molecule has 1 N–H and O–H groups in total. The van der Waals surface area contributed by atoms with E-state index in [0.717, 1.165) is 5.31 Å². The standard InChI is InChI=1S/C31H29O4P/c1-24(30(32)33)22-23-26(31(34)35-3)15-13-14-25(2)36(27-16-7-4-8-17-27,28-18-9-5-10-19-28)29-20-11-6-12-21-29/h4-22H,2,23H2,1,3H3/p+1/b14-13+,24-22+,26-15+. The minimum absolute atomic E-state index is 0.151. The highest BCUT2D eigenvalue weighted by molar-refractivity contribution is 7.99. The van der Waals surface area contributed by atoms with Crippen molar-refractivity contribution >= 4 is 35.1 Å². The van der Waals surface area contributed by atoms with Crippen LogP contribution in [0.5, 0.6) is 0 Å². The average molecular weight is 498 g/mol. The maximum Gasteiger partial charge on any atom is 0.334 e. The SMILES string of the molecule is C=C(/C=C/C=C(\C/C=C(\C)C(=O)O)C(=O)OC)[P+](c1ccccc1)(c1ccccc1)c1ccccc1. The van der Waals surface area contributed by atoms with Crippen molar-refractivity contribution in [2.24, 2.45) is 0 Å². The van der Waals surface area contributed by atoms with Crippen LogP contribution in [-0.2, 0) is 14.3 Å². The van der Waals surface area contributed by atoms with Gasteiger partial charge in [0.15, 0.2) is 0 Å². The number of hydrogen-bond acceptors (Lipinski definition) is 3. The van der Waals surface area contributed by atoms with Gasteiger partial charge in [-0.15, -0.1) is 0 Å². The highest BCUT2D eigenvalue weighted by Gasteiger charge is 2.47. The summed E-state index contributed by atoms with van der Waals surface area (Å²) in [4.78, 5) is 23.5. The molecule has 0 fully saturated rings. The van der Waals surface area contributed by atoms with Gasteiger partial charge >= 0.3 is 11.9 Å². The predicted octanol–water partition coefficient (Wildman–Crippen LogP) is 5.57. The minimum atomic E-state index is -2.30. The van der Waals surface area contributed by atoms with Gasteiger partial charge in [-0.2, -0.15) is 0 Å². The van der Waals surface area contributed by atoms with Gasteiger partial charge in [0.25, 0.3) is 0 Å². The highest BCUT2D eigenvalue weighted by atomic mass is 31.2. The van der Waals surface area contributed by atoms with Crippen LogP contribution in [0.3, 0.4) is 0 Å². The Bertz CT molecular complexity index is 1190. The van der Waals surface area contributed by atoms with E-state index in [1.165, 1.54) is 36.0 Å². The first-order valence-corrected chi connectivity index (χ1v) is 13.3. The summed E-state index contributed by atoms with van der Waals surface area (Å²) in [6.07, 6.45) is 7.05. The molecule has 36 heavy (non-hydrogen) atoms. The number of carboxylic acids is 1. The molecule has 3 rings (SSSR count). The summed E-state index contributed by atoms with van der Waals surface area (Å²) >= 11 is 0. The number of esters is 1. The second-order valence-electron chi connectivity index (χ2n) is 8.11. The summed E-state index contributed by atoms with van der Waals surface area (Å²) in [5.41, 5.74) is 0.519. The van der Waals surface area contributed by atoms with Gasteiger partial charge in [-0.3, -0.25) is 0 Å². The fraction of sp³-hybridized carbons (Fsp3) is 0.0968. The molecule has 0 saturated heterocycles. The predicted molar refractivity (Wildman–Crippen MR) is 150 cm³/mol. The molecule has 3 aromatic carbocycles. The lowest BCUT2D eigenvalue weighted by Gasteiger charge is -2.27. The topological polar surface area (TPSA) is 63.6 Å². The van der Waals surface area contributed by atoms with Crippen LogP contribution in [0.15, 0.2) is 138 Å². The van der Waals surface area contributed by atoms with Crippen LogP contribution >= 0.6 is 7.26 Å². The van der Waals surface area contributed by atoms with Gasteiger partial charge in [-0.05, 0) is 55.8 Å². The van der Waals surface area contributed by atoms with E-state index >= 15 is 0 Å². The van der Waals surface area contributed by atoms with Gasteiger partial charge in [0.2, 0.25) is 0 Å². The lowest BCUT2D eigenvalue weighted by molar-refractivity contribution is -0.136. The Hall–Kier alpha value is -4.01. The molecule has 0 spiro atoms. The molecule has 0 aromatic heterocycles. The molecule has 0 aliphatic carbocycles. The molecule has 0 aliphatic rings. The second kappa shape index (κ2) is 12.6. The number of aliphatic carboxylic acids is 1. The lowest BCUT2D eigenvalue weighted by atomic mass is 10.1. The van der Waals surface area contributed by atoms with Crippen molar-refractivity contribution in [1.82, 2.24) is 0 Å². The number of ether oxygens (including phenoxy) is 1. The third-order valence-electron chi connectivity index (χ3n) is 5.86. The number of methoxy groups -OCH3 is 1. The monoisotopic (exact) mass is 497 g/mol. The van der Waals surface area contributed by atoms with Gasteiger partial charge in [0.1, 0.15) is 28.5 Å². The van der Waals surface area contributed by atoms with Crippen LogP contribution in [0.25, 0.3) is 0 Å². The van der Waals surface area contributed by atoms with Gasteiger partial charge in [0.05, 0.1) is 7.11 Å². The molecule has 5 heteroatoms. The van der Waals surface area contributed by atoms with Gasteiger partial charge in [-0.1, -0.05) is 79.4 Å². The van der Waals surface area contributed by atoms with Crippen molar-refractivity contribution in [2.45, 2.75) is 13.3 Å². The van der Waals surface area contributed by atoms with E-state index in [-0.39, 0.29) is 12.0 Å². The normalized spacial score (nSPS) is 12.4. The number of benzene rings is 3. The molecule has 0 heterocycles. The third-order valence-corrected chi connectivity index (χ3v) is 10.1. The molecule has 4 nitrogen and oxygen atoms in total. The zero-order valence-corrected chi connectivity index (χ0v) is 21.4. The molecule has 0 amide bonds. The molecule has 0 atom stereocenters. The molecule has 0 aliphatic heterocycles. The molecule has 3 aromatic rings.